The molecule has 7 nitrogen and oxygen atoms in total. The van der Waals surface area contributed by atoms with Gasteiger partial charge in [-0.15, -0.1) is 0 Å². The number of hydrogen-bond acceptors (Lipinski definition) is 4. The Morgan fingerprint density at radius 3 is 2.53 bits per heavy atom. The highest BCUT2D eigenvalue weighted by molar-refractivity contribution is 5.91. The third-order valence-corrected chi connectivity index (χ3v) is 8.18. The Morgan fingerprint density at radius 1 is 1.11 bits per heavy atom. The van der Waals surface area contributed by atoms with Crippen molar-refractivity contribution in [2.45, 2.75) is 44.7 Å². The van der Waals surface area contributed by atoms with E-state index in [0.717, 1.165) is 54.5 Å². The van der Waals surface area contributed by atoms with Crippen molar-refractivity contribution in [1.82, 2.24) is 14.7 Å². The molecule has 6 rings (SSSR count). The Hall–Kier alpha value is -3.39. The fourth-order valence-electron chi connectivity index (χ4n) is 6.46. The number of carbonyl (C=O) groups is 1. The molecule has 1 aliphatic carbocycles. The third-order valence-electron chi connectivity index (χ3n) is 8.18. The first-order chi connectivity index (χ1) is 17.4. The van der Waals surface area contributed by atoms with E-state index in [-0.39, 0.29) is 11.9 Å². The smallest absolute Gasteiger partial charge is 0.412 e. The lowest BCUT2D eigenvalue weighted by atomic mass is 9.92. The van der Waals surface area contributed by atoms with Gasteiger partial charge in [-0.2, -0.15) is 5.10 Å². The fraction of sp³-hybridized carbons (Fsp3) is 0.429. The summed E-state index contributed by atoms with van der Waals surface area (Å²) in [5.74, 6) is 2.25. The van der Waals surface area contributed by atoms with E-state index in [1.165, 1.54) is 17.0 Å². The van der Waals surface area contributed by atoms with Gasteiger partial charge in [0.2, 0.25) is 0 Å². The molecular formula is C28H31FN4O3. The third kappa shape index (κ3) is 4.03. The van der Waals surface area contributed by atoms with Gasteiger partial charge >= 0.3 is 6.09 Å². The van der Waals surface area contributed by atoms with Gasteiger partial charge < -0.3 is 14.7 Å². The van der Waals surface area contributed by atoms with Gasteiger partial charge in [0.25, 0.3) is 0 Å². The number of amides is 1. The zero-order chi connectivity index (χ0) is 25.0. The lowest BCUT2D eigenvalue weighted by Crippen LogP contribution is -2.41. The molecule has 1 saturated heterocycles. The predicted molar refractivity (Wildman–Crippen MR) is 135 cm³/mol. The van der Waals surface area contributed by atoms with Crippen LogP contribution in [0.4, 0.5) is 14.9 Å². The van der Waals surface area contributed by atoms with Gasteiger partial charge in [0.15, 0.2) is 0 Å². The van der Waals surface area contributed by atoms with Crippen molar-refractivity contribution in [3.63, 3.8) is 0 Å². The number of hydrogen-bond donors (Lipinski definition) is 1. The van der Waals surface area contributed by atoms with E-state index in [1.807, 2.05) is 25.3 Å². The van der Waals surface area contributed by atoms with E-state index in [1.54, 1.807) is 12.1 Å². The normalized spacial score (nSPS) is 25.6. The Morgan fingerprint density at radius 2 is 1.83 bits per heavy atom. The van der Waals surface area contributed by atoms with E-state index < -0.39 is 6.09 Å². The van der Waals surface area contributed by atoms with E-state index in [2.05, 4.69) is 22.8 Å². The van der Waals surface area contributed by atoms with Gasteiger partial charge in [-0.25, -0.2) is 9.18 Å². The molecule has 3 heterocycles. The number of likely N-dealkylation sites (tertiary alicyclic amines) is 1. The number of benzene rings is 2. The summed E-state index contributed by atoms with van der Waals surface area (Å²) in [5, 5.41) is 14.6. The molecule has 3 aromatic rings. The number of rotatable bonds is 4. The Labute approximate surface area is 210 Å². The fourth-order valence-corrected chi connectivity index (χ4v) is 6.46. The van der Waals surface area contributed by atoms with Crippen LogP contribution in [-0.2, 0) is 6.42 Å². The van der Waals surface area contributed by atoms with Crippen LogP contribution < -0.4 is 9.64 Å². The molecule has 36 heavy (non-hydrogen) atoms. The average Bonchev–Trinajstić information content (AvgIpc) is 3.55. The average molecular weight is 491 g/mol. The molecule has 1 N–H and O–H groups in total. The quantitative estimate of drug-likeness (QED) is 0.500. The number of carboxylic acid groups (broad SMARTS) is 1. The monoisotopic (exact) mass is 490 g/mol. The molecule has 3 aliphatic rings. The van der Waals surface area contributed by atoms with Gasteiger partial charge in [-0.05, 0) is 87.9 Å². The van der Waals surface area contributed by atoms with Crippen LogP contribution in [0.1, 0.15) is 37.8 Å². The zero-order valence-electron chi connectivity index (χ0n) is 20.6. The number of anilines is 1. The van der Waals surface area contributed by atoms with Crippen LogP contribution >= 0.6 is 0 Å². The molecule has 1 aromatic heterocycles. The number of aromatic nitrogens is 2. The molecule has 2 unspecified atom stereocenters. The largest absolute Gasteiger partial charge is 0.465 e. The van der Waals surface area contributed by atoms with Gasteiger partial charge in [-0.1, -0.05) is 0 Å². The van der Waals surface area contributed by atoms with E-state index in [4.69, 9.17) is 9.84 Å². The highest BCUT2D eigenvalue weighted by atomic mass is 19.1. The van der Waals surface area contributed by atoms with E-state index in [0.29, 0.717) is 36.1 Å². The summed E-state index contributed by atoms with van der Waals surface area (Å²) in [6.45, 7) is 4.24. The van der Waals surface area contributed by atoms with Crippen LogP contribution in [0.3, 0.4) is 0 Å². The second-order valence-corrected chi connectivity index (χ2v) is 10.6. The molecule has 0 radical (unpaired) electrons. The summed E-state index contributed by atoms with van der Waals surface area (Å²) in [5.41, 5.74) is 3.29. The number of fused-ring (bicyclic) bond motifs is 2. The number of halogens is 1. The number of nitrogens with zero attached hydrogens (tertiary/aromatic N) is 4. The summed E-state index contributed by atoms with van der Waals surface area (Å²) < 4.78 is 22.0. The van der Waals surface area contributed by atoms with Crippen molar-refractivity contribution < 1.29 is 19.0 Å². The molecule has 8 heteroatoms. The van der Waals surface area contributed by atoms with Crippen molar-refractivity contribution in [1.29, 1.82) is 0 Å². The minimum Gasteiger partial charge on any atom is -0.465 e. The highest BCUT2D eigenvalue weighted by Crippen LogP contribution is 2.46. The van der Waals surface area contributed by atoms with Crippen LogP contribution in [0.2, 0.25) is 0 Å². The van der Waals surface area contributed by atoms with Crippen LogP contribution in [0, 0.1) is 17.7 Å². The van der Waals surface area contributed by atoms with Crippen LogP contribution in [0.25, 0.3) is 11.1 Å². The maximum Gasteiger partial charge on any atom is 0.412 e. The topological polar surface area (TPSA) is 70.8 Å². The molecule has 2 aliphatic heterocycles. The van der Waals surface area contributed by atoms with Crippen LogP contribution in [-0.4, -0.2) is 52.1 Å². The first kappa shape index (κ1) is 23.0. The van der Waals surface area contributed by atoms with Crippen LogP contribution in [0.5, 0.6) is 11.5 Å². The van der Waals surface area contributed by atoms with Crippen molar-refractivity contribution in [3.8, 4) is 22.6 Å². The lowest BCUT2D eigenvalue weighted by molar-refractivity contribution is 0.198. The van der Waals surface area contributed by atoms with Crippen molar-refractivity contribution in [3.05, 3.63) is 60.2 Å². The second-order valence-electron chi connectivity index (χ2n) is 10.6. The molecule has 2 aromatic carbocycles. The maximum atomic E-state index is 13.5. The summed E-state index contributed by atoms with van der Waals surface area (Å²) >= 11 is 0. The highest BCUT2D eigenvalue weighted by Gasteiger charge is 2.40. The first-order valence-electron chi connectivity index (χ1n) is 12.7. The van der Waals surface area contributed by atoms with Gasteiger partial charge in [0.1, 0.15) is 17.3 Å². The van der Waals surface area contributed by atoms with E-state index >= 15 is 0 Å². The molecule has 0 bridgehead atoms. The molecule has 188 valence electrons. The van der Waals surface area contributed by atoms with Crippen molar-refractivity contribution in [2.75, 3.05) is 25.0 Å². The second kappa shape index (κ2) is 8.92. The van der Waals surface area contributed by atoms with Crippen molar-refractivity contribution >= 4 is 11.8 Å². The van der Waals surface area contributed by atoms with Gasteiger partial charge in [-0.3, -0.25) is 9.58 Å². The predicted octanol–water partition coefficient (Wildman–Crippen LogP) is 5.81. The Kier molecular flexibility index (Phi) is 5.71. The molecular weight excluding hydrogens is 459 g/mol. The minimum absolute atomic E-state index is 0.122. The standard InChI is InChI=1S/C28H31FN4O3/c1-17-3-8-25-26(33(17)28(34)35)10-9-24(27(25)36-23-6-4-21(29)5-7-23)20-13-30-32(16-20)22-11-18-14-31(2)15-19(18)12-22/h4-7,9-10,13,16-19,22H,3,8,11-12,14-15H2,1-2H3,(H,34,35)/t17-,18?,19?,22?/m0/s1. The summed E-state index contributed by atoms with van der Waals surface area (Å²) in [7, 11) is 2.20. The van der Waals surface area contributed by atoms with E-state index in [9.17, 15) is 14.3 Å². The van der Waals surface area contributed by atoms with Crippen molar-refractivity contribution in [2.24, 2.45) is 11.8 Å². The summed E-state index contributed by atoms with van der Waals surface area (Å²) in [4.78, 5) is 15.9. The molecule has 1 amide bonds. The molecule has 0 spiro atoms. The molecule has 2 fully saturated rings. The maximum absolute atomic E-state index is 13.5. The number of ether oxygens (including phenoxy) is 1. The Balaban J connectivity index is 1.38. The molecule has 1 saturated carbocycles. The minimum atomic E-state index is -0.978. The lowest BCUT2D eigenvalue weighted by Gasteiger charge is -2.34. The van der Waals surface area contributed by atoms with Gasteiger partial charge in [0.05, 0.1) is 17.9 Å². The zero-order valence-corrected chi connectivity index (χ0v) is 20.6. The van der Waals surface area contributed by atoms with Crippen LogP contribution in [0.15, 0.2) is 48.8 Å². The summed E-state index contributed by atoms with van der Waals surface area (Å²) in [6.07, 6.45) is 6.67. The Bertz CT molecular complexity index is 1280. The SMILES string of the molecule is C[C@H]1CCc2c(ccc(-c3cnn(C4CC5CN(C)CC5C4)c3)c2Oc2ccc(F)cc2)N1C(=O)O. The van der Waals surface area contributed by atoms with Gasteiger partial charge in [0, 0.05) is 42.0 Å². The molecule has 3 atom stereocenters. The summed E-state index contributed by atoms with van der Waals surface area (Å²) in [6, 6.07) is 9.98. The first-order valence-corrected chi connectivity index (χ1v) is 12.7.